The standard InChI is InChI=1S/C21H27N5O3/c1-3-23-21(26-13-17-6-4-5-7-18(17)29-2)25-12-15-8-10-16(11-9-15)20(28)24-14-19(22)27/h4-11H,3,12-14H2,1-2H3,(H2,22,27)(H,24,28)(H2,23,25,26). The largest absolute Gasteiger partial charge is 0.496 e. The fourth-order valence-electron chi connectivity index (χ4n) is 2.57. The van der Waals surface area contributed by atoms with Crippen LogP contribution in [-0.4, -0.2) is 38.0 Å². The molecule has 2 aromatic carbocycles. The lowest BCUT2D eigenvalue weighted by molar-refractivity contribution is -0.117. The summed E-state index contributed by atoms with van der Waals surface area (Å²) in [6, 6.07) is 14.8. The summed E-state index contributed by atoms with van der Waals surface area (Å²) >= 11 is 0. The average molecular weight is 397 g/mol. The van der Waals surface area contributed by atoms with Gasteiger partial charge in [-0.3, -0.25) is 9.59 Å². The van der Waals surface area contributed by atoms with E-state index in [9.17, 15) is 9.59 Å². The van der Waals surface area contributed by atoms with Gasteiger partial charge < -0.3 is 26.4 Å². The number of para-hydroxylation sites is 1. The number of benzene rings is 2. The Bertz CT molecular complexity index is 850. The Morgan fingerprint density at radius 3 is 2.41 bits per heavy atom. The zero-order valence-corrected chi connectivity index (χ0v) is 16.7. The Morgan fingerprint density at radius 1 is 1.03 bits per heavy atom. The molecule has 8 heteroatoms. The Balaban J connectivity index is 1.97. The zero-order chi connectivity index (χ0) is 21.1. The third kappa shape index (κ3) is 7.17. The maximum Gasteiger partial charge on any atom is 0.251 e. The monoisotopic (exact) mass is 397 g/mol. The first-order valence-corrected chi connectivity index (χ1v) is 9.33. The fourth-order valence-corrected chi connectivity index (χ4v) is 2.57. The van der Waals surface area contributed by atoms with Crippen LogP contribution in [0.2, 0.25) is 0 Å². The number of methoxy groups -OCH3 is 1. The molecule has 0 radical (unpaired) electrons. The molecule has 29 heavy (non-hydrogen) atoms. The molecule has 2 aromatic rings. The summed E-state index contributed by atoms with van der Waals surface area (Å²) in [5.74, 6) is 0.578. The van der Waals surface area contributed by atoms with Crippen molar-refractivity contribution in [2.45, 2.75) is 20.0 Å². The minimum atomic E-state index is -0.583. The SMILES string of the molecule is CCNC(=NCc1ccc(C(=O)NCC(N)=O)cc1)NCc1ccccc1OC. The third-order valence-corrected chi connectivity index (χ3v) is 4.04. The van der Waals surface area contributed by atoms with Gasteiger partial charge in [0.05, 0.1) is 20.2 Å². The Labute approximate surface area is 170 Å². The topological polar surface area (TPSA) is 118 Å². The number of hydrogen-bond acceptors (Lipinski definition) is 4. The molecule has 0 saturated heterocycles. The molecule has 0 saturated carbocycles. The van der Waals surface area contributed by atoms with Crippen molar-refractivity contribution in [1.82, 2.24) is 16.0 Å². The van der Waals surface area contributed by atoms with E-state index in [1.165, 1.54) is 0 Å². The highest BCUT2D eigenvalue weighted by molar-refractivity contribution is 5.96. The minimum absolute atomic E-state index is 0.186. The lowest BCUT2D eigenvalue weighted by atomic mass is 10.1. The van der Waals surface area contributed by atoms with Crippen molar-refractivity contribution in [3.63, 3.8) is 0 Å². The highest BCUT2D eigenvalue weighted by atomic mass is 16.5. The molecular formula is C21H27N5O3. The molecule has 0 bridgehead atoms. The van der Waals surface area contributed by atoms with Crippen molar-refractivity contribution >= 4 is 17.8 Å². The second-order valence-corrected chi connectivity index (χ2v) is 6.21. The summed E-state index contributed by atoms with van der Waals surface area (Å²) in [5, 5.41) is 8.95. The van der Waals surface area contributed by atoms with E-state index in [0.717, 1.165) is 23.4 Å². The Hall–Kier alpha value is -3.55. The van der Waals surface area contributed by atoms with Crippen LogP contribution in [0.25, 0.3) is 0 Å². The maximum atomic E-state index is 11.9. The highest BCUT2D eigenvalue weighted by Crippen LogP contribution is 2.16. The van der Waals surface area contributed by atoms with Gasteiger partial charge in [0.1, 0.15) is 5.75 Å². The fraction of sp³-hybridized carbons (Fsp3) is 0.286. The van der Waals surface area contributed by atoms with Gasteiger partial charge in [-0.2, -0.15) is 0 Å². The summed E-state index contributed by atoms with van der Waals surface area (Å²) in [6.45, 7) is 3.57. The van der Waals surface area contributed by atoms with Crippen LogP contribution in [0.3, 0.4) is 0 Å². The zero-order valence-electron chi connectivity index (χ0n) is 16.7. The van der Waals surface area contributed by atoms with E-state index in [1.54, 1.807) is 19.2 Å². The van der Waals surface area contributed by atoms with Crippen LogP contribution in [0.5, 0.6) is 5.75 Å². The number of guanidine groups is 1. The number of rotatable bonds is 9. The number of nitrogens with one attached hydrogen (secondary N) is 3. The van der Waals surface area contributed by atoms with E-state index in [-0.39, 0.29) is 12.5 Å². The number of nitrogens with zero attached hydrogens (tertiary/aromatic N) is 1. The molecule has 2 rings (SSSR count). The maximum absolute atomic E-state index is 11.9. The lowest BCUT2D eigenvalue weighted by Gasteiger charge is -2.13. The van der Waals surface area contributed by atoms with Crippen LogP contribution in [-0.2, 0) is 17.9 Å². The van der Waals surface area contributed by atoms with E-state index in [4.69, 9.17) is 10.5 Å². The van der Waals surface area contributed by atoms with Crippen LogP contribution in [0.1, 0.15) is 28.4 Å². The van der Waals surface area contributed by atoms with Crippen LogP contribution in [0.4, 0.5) is 0 Å². The minimum Gasteiger partial charge on any atom is -0.496 e. The summed E-state index contributed by atoms with van der Waals surface area (Å²) < 4.78 is 5.37. The number of carbonyl (C=O) groups is 2. The molecule has 154 valence electrons. The number of primary amides is 1. The molecule has 0 aliphatic rings. The van der Waals surface area contributed by atoms with Gasteiger partial charge in [0.15, 0.2) is 5.96 Å². The van der Waals surface area contributed by atoms with E-state index >= 15 is 0 Å². The van der Waals surface area contributed by atoms with Crippen molar-refractivity contribution in [2.24, 2.45) is 10.7 Å². The molecule has 0 atom stereocenters. The van der Waals surface area contributed by atoms with Crippen molar-refractivity contribution in [2.75, 3.05) is 20.2 Å². The second-order valence-electron chi connectivity index (χ2n) is 6.21. The molecule has 0 fully saturated rings. The highest BCUT2D eigenvalue weighted by Gasteiger charge is 2.07. The summed E-state index contributed by atoms with van der Waals surface area (Å²) in [6.07, 6.45) is 0. The average Bonchev–Trinajstić information content (AvgIpc) is 2.74. The molecule has 2 amide bonds. The quantitative estimate of drug-likeness (QED) is 0.374. The first kappa shape index (κ1) is 21.7. The van der Waals surface area contributed by atoms with Crippen LogP contribution < -0.4 is 26.4 Å². The number of carbonyl (C=O) groups excluding carboxylic acids is 2. The van der Waals surface area contributed by atoms with E-state index in [1.807, 2.05) is 43.3 Å². The molecule has 0 spiro atoms. The summed E-state index contributed by atoms with van der Waals surface area (Å²) in [4.78, 5) is 27.2. The number of ether oxygens (including phenoxy) is 1. The summed E-state index contributed by atoms with van der Waals surface area (Å²) in [5.41, 5.74) is 7.47. The second kappa shape index (κ2) is 11.3. The van der Waals surface area contributed by atoms with Gasteiger partial charge in [0.25, 0.3) is 5.91 Å². The number of hydrogen-bond donors (Lipinski definition) is 4. The molecular weight excluding hydrogens is 370 g/mol. The molecule has 8 nitrogen and oxygen atoms in total. The molecule has 0 aliphatic carbocycles. The van der Waals surface area contributed by atoms with E-state index in [2.05, 4.69) is 20.9 Å². The molecule has 0 aromatic heterocycles. The number of nitrogens with two attached hydrogens (primary N) is 1. The van der Waals surface area contributed by atoms with Gasteiger partial charge in [-0.15, -0.1) is 0 Å². The van der Waals surface area contributed by atoms with Crippen LogP contribution in [0, 0.1) is 0 Å². The van der Waals surface area contributed by atoms with Crippen molar-refractivity contribution < 1.29 is 14.3 Å². The number of amides is 2. The molecule has 5 N–H and O–H groups in total. The predicted octanol–water partition coefficient (Wildman–Crippen LogP) is 1.17. The van der Waals surface area contributed by atoms with Gasteiger partial charge in [0, 0.05) is 24.2 Å². The predicted molar refractivity (Wildman–Crippen MR) is 113 cm³/mol. The van der Waals surface area contributed by atoms with Crippen molar-refractivity contribution in [1.29, 1.82) is 0 Å². The van der Waals surface area contributed by atoms with E-state index in [0.29, 0.717) is 24.6 Å². The normalized spacial score (nSPS) is 10.9. The first-order valence-electron chi connectivity index (χ1n) is 9.33. The van der Waals surface area contributed by atoms with Crippen LogP contribution in [0.15, 0.2) is 53.5 Å². The Kier molecular flexibility index (Phi) is 8.50. The number of aliphatic imine (C=N–C) groups is 1. The van der Waals surface area contributed by atoms with E-state index < -0.39 is 5.91 Å². The van der Waals surface area contributed by atoms with Gasteiger partial charge in [-0.1, -0.05) is 30.3 Å². The summed E-state index contributed by atoms with van der Waals surface area (Å²) in [7, 11) is 1.65. The lowest BCUT2D eigenvalue weighted by Crippen LogP contribution is -2.36. The van der Waals surface area contributed by atoms with Crippen molar-refractivity contribution in [3.8, 4) is 5.75 Å². The third-order valence-electron chi connectivity index (χ3n) is 4.04. The molecule has 0 aliphatic heterocycles. The van der Waals surface area contributed by atoms with Crippen LogP contribution >= 0.6 is 0 Å². The van der Waals surface area contributed by atoms with Gasteiger partial charge in [-0.25, -0.2) is 4.99 Å². The van der Waals surface area contributed by atoms with Gasteiger partial charge in [-0.05, 0) is 30.7 Å². The van der Waals surface area contributed by atoms with Gasteiger partial charge in [0.2, 0.25) is 5.91 Å². The molecule has 0 unspecified atom stereocenters. The smallest absolute Gasteiger partial charge is 0.251 e. The molecule has 0 heterocycles. The van der Waals surface area contributed by atoms with Gasteiger partial charge >= 0.3 is 0 Å². The Morgan fingerprint density at radius 2 is 1.76 bits per heavy atom. The first-order chi connectivity index (χ1) is 14.0. The van der Waals surface area contributed by atoms with Crippen molar-refractivity contribution in [3.05, 3.63) is 65.2 Å².